The Morgan fingerprint density at radius 1 is 1.42 bits per heavy atom. The zero-order chi connectivity index (χ0) is 13.7. The fraction of sp³-hybridized carbons (Fsp3) is 0.417. The SMILES string of the molecule is O=[N+]([O-])c1cnc2ccsc2c1NCCCCCO. The number of aromatic nitrogens is 1. The molecule has 0 saturated carbocycles. The van der Waals surface area contributed by atoms with Crippen LogP contribution in [0.5, 0.6) is 0 Å². The van der Waals surface area contributed by atoms with Gasteiger partial charge in [-0.05, 0) is 30.7 Å². The van der Waals surface area contributed by atoms with Gasteiger partial charge in [0.1, 0.15) is 11.9 Å². The highest BCUT2D eigenvalue weighted by Gasteiger charge is 2.18. The number of nitrogens with one attached hydrogen (secondary N) is 1. The van der Waals surface area contributed by atoms with Gasteiger partial charge in [0.05, 0.1) is 15.1 Å². The Hall–Kier alpha value is -1.73. The van der Waals surface area contributed by atoms with Crippen molar-refractivity contribution in [3.05, 3.63) is 27.8 Å². The van der Waals surface area contributed by atoms with Crippen LogP contribution in [0.25, 0.3) is 10.2 Å². The lowest BCUT2D eigenvalue weighted by Gasteiger charge is -2.07. The highest BCUT2D eigenvalue weighted by atomic mass is 32.1. The van der Waals surface area contributed by atoms with Crippen LogP contribution in [0.15, 0.2) is 17.6 Å². The lowest BCUT2D eigenvalue weighted by atomic mass is 10.2. The molecule has 0 saturated heterocycles. The van der Waals surface area contributed by atoms with Crippen molar-refractivity contribution in [2.75, 3.05) is 18.5 Å². The van der Waals surface area contributed by atoms with Crippen LogP contribution in [0.2, 0.25) is 0 Å². The van der Waals surface area contributed by atoms with E-state index in [1.165, 1.54) is 17.5 Å². The summed E-state index contributed by atoms with van der Waals surface area (Å²) in [4.78, 5) is 14.7. The highest BCUT2D eigenvalue weighted by molar-refractivity contribution is 7.17. The van der Waals surface area contributed by atoms with Gasteiger partial charge in [0, 0.05) is 13.2 Å². The van der Waals surface area contributed by atoms with E-state index in [0.717, 1.165) is 29.5 Å². The molecule has 19 heavy (non-hydrogen) atoms. The Balaban J connectivity index is 2.16. The topological polar surface area (TPSA) is 88.3 Å². The molecule has 2 heterocycles. The predicted octanol–water partition coefficient (Wildman–Crippen LogP) is 2.78. The van der Waals surface area contributed by atoms with Gasteiger partial charge in [0.15, 0.2) is 0 Å². The number of thiophene rings is 1. The third-order valence-electron chi connectivity index (χ3n) is 2.79. The standard InChI is InChI=1S/C12H15N3O3S/c16-6-3-1-2-5-13-11-10(15(17)18)8-14-9-4-7-19-12(9)11/h4,7-8,16H,1-3,5-6H2,(H,13,14). The molecule has 2 N–H and O–H groups in total. The summed E-state index contributed by atoms with van der Waals surface area (Å²) in [5.41, 5.74) is 1.33. The van der Waals surface area contributed by atoms with Gasteiger partial charge in [0.2, 0.25) is 0 Å². The Kier molecular flexibility index (Phi) is 4.64. The van der Waals surface area contributed by atoms with E-state index in [-0.39, 0.29) is 12.3 Å². The van der Waals surface area contributed by atoms with E-state index in [2.05, 4.69) is 10.3 Å². The molecule has 2 rings (SSSR count). The summed E-state index contributed by atoms with van der Waals surface area (Å²) >= 11 is 1.44. The number of aliphatic hydroxyl groups is 1. The molecule has 0 aromatic carbocycles. The van der Waals surface area contributed by atoms with Crippen molar-refractivity contribution in [2.45, 2.75) is 19.3 Å². The number of hydrogen-bond acceptors (Lipinski definition) is 6. The molecule has 0 aliphatic rings. The summed E-state index contributed by atoms with van der Waals surface area (Å²) in [5.74, 6) is 0. The van der Waals surface area contributed by atoms with Crippen LogP contribution in [0, 0.1) is 10.1 Å². The second-order valence-corrected chi connectivity index (χ2v) is 5.04. The molecule has 102 valence electrons. The van der Waals surface area contributed by atoms with Crippen molar-refractivity contribution >= 4 is 32.9 Å². The Morgan fingerprint density at radius 3 is 3.00 bits per heavy atom. The third kappa shape index (κ3) is 3.18. The number of hydrogen-bond donors (Lipinski definition) is 2. The van der Waals surface area contributed by atoms with Gasteiger partial charge in [-0.1, -0.05) is 0 Å². The summed E-state index contributed by atoms with van der Waals surface area (Å²) in [6, 6.07) is 1.85. The van der Waals surface area contributed by atoms with Crippen LogP contribution in [-0.4, -0.2) is 28.2 Å². The Labute approximate surface area is 114 Å². The number of fused-ring (bicyclic) bond motifs is 1. The number of anilines is 1. The number of unbranched alkanes of at least 4 members (excludes halogenated alkanes) is 2. The summed E-state index contributed by atoms with van der Waals surface area (Å²) in [6.07, 6.45) is 3.82. The van der Waals surface area contributed by atoms with Crippen molar-refractivity contribution < 1.29 is 10.0 Å². The molecule has 0 atom stereocenters. The molecule has 0 fully saturated rings. The minimum Gasteiger partial charge on any atom is -0.396 e. The average molecular weight is 281 g/mol. The van der Waals surface area contributed by atoms with Crippen molar-refractivity contribution in [1.29, 1.82) is 0 Å². The van der Waals surface area contributed by atoms with Gasteiger partial charge >= 0.3 is 5.69 Å². The Bertz CT molecular complexity index is 570. The molecule has 0 spiro atoms. The van der Waals surface area contributed by atoms with E-state index in [1.54, 1.807) is 0 Å². The van der Waals surface area contributed by atoms with Gasteiger partial charge in [0.25, 0.3) is 0 Å². The first-order chi connectivity index (χ1) is 9.24. The van der Waals surface area contributed by atoms with Gasteiger partial charge in [-0.2, -0.15) is 0 Å². The molecule has 0 unspecified atom stereocenters. The normalized spacial score (nSPS) is 10.8. The smallest absolute Gasteiger partial charge is 0.311 e. The maximum absolute atomic E-state index is 11.0. The zero-order valence-electron chi connectivity index (χ0n) is 10.3. The summed E-state index contributed by atoms with van der Waals surface area (Å²) in [7, 11) is 0. The van der Waals surface area contributed by atoms with E-state index in [1.807, 2.05) is 11.4 Å². The maximum atomic E-state index is 11.0. The summed E-state index contributed by atoms with van der Waals surface area (Å²) in [5, 5.41) is 24.7. The van der Waals surface area contributed by atoms with Gasteiger partial charge in [-0.15, -0.1) is 11.3 Å². The minimum atomic E-state index is -0.414. The minimum absolute atomic E-state index is 0.0112. The largest absolute Gasteiger partial charge is 0.396 e. The monoisotopic (exact) mass is 281 g/mol. The van der Waals surface area contributed by atoms with E-state index in [9.17, 15) is 10.1 Å². The number of nitro groups is 1. The highest BCUT2D eigenvalue weighted by Crippen LogP contribution is 2.34. The molecular weight excluding hydrogens is 266 g/mol. The molecule has 7 heteroatoms. The lowest BCUT2D eigenvalue weighted by Crippen LogP contribution is -2.05. The molecule has 0 amide bonds. The van der Waals surface area contributed by atoms with E-state index in [4.69, 9.17) is 5.11 Å². The van der Waals surface area contributed by atoms with Gasteiger partial charge in [-0.25, -0.2) is 4.98 Å². The molecule has 0 radical (unpaired) electrons. The second kappa shape index (κ2) is 6.44. The van der Waals surface area contributed by atoms with Crippen molar-refractivity contribution in [3.63, 3.8) is 0 Å². The second-order valence-electron chi connectivity index (χ2n) is 4.12. The molecule has 2 aromatic heterocycles. The number of rotatable bonds is 7. The fourth-order valence-electron chi connectivity index (χ4n) is 1.84. The van der Waals surface area contributed by atoms with Crippen LogP contribution in [-0.2, 0) is 0 Å². The van der Waals surface area contributed by atoms with Crippen molar-refractivity contribution in [1.82, 2.24) is 4.98 Å². The van der Waals surface area contributed by atoms with Crippen LogP contribution in [0.3, 0.4) is 0 Å². The van der Waals surface area contributed by atoms with E-state index < -0.39 is 4.92 Å². The Morgan fingerprint density at radius 2 is 2.26 bits per heavy atom. The maximum Gasteiger partial charge on any atom is 0.311 e. The molecular formula is C12H15N3O3S. The number of nitrogens with zero attached hydrogens (tertiary/aromatic N) is 2. The molecule has 6 nitrogen and oxygen atoms in total. The van der Waals surface area contributed by atoms with Crippen LogP contribution >= 0.6 is 11.3 Å². The summed E-state index contributed by atoms with van der Waals surface area (Å²) < 4.78 is 0.816. The lowest BCUT2D eigenvalue weighted by molar-refractivity contribution is -0.384. The van der Waals surface area contributed by atoms with E-state index in [0.29, 0.717) is 12.2 Å². The van der Waals surface area contributed by atoms with Gasteiger partial charge < -0.3 is 10.4 Å². The van der Waals surface area contributed by atoms with E-state index >= 15 is 0 Å². The average Bonchev–Trinajstić information content (AvgIpc) is 2.86. The molecule has 0 aliphatic heterocycles. The number of pyridine rings is 1. The zero-order valence-corrected chi connectivity index (χ0v) is 11.2. The quantitative estimate of drug-likeness (QED) is 0.463. The molecule has 0 aliphatic carbocycles. The third-order valence-corrected chi connectivity index (χ3v) is 3.71. The fourth-order valence-corrected chi connectivity index (χ4v) is 2.71. The first-order valence-electron chi connectivity index (χ1n) is 6.09. The first kappa shape index (κ1) is 13.7. The predicted molar refractivity (Wildman–Crippen MR) is 75.7 cm³/mol. The molecule has 2 aromatic rings. The molecule has 0 bridgehead atoms. The van der Waals surface area contributed by atoms with Crippen molar-refractivity contribution in [3.8, 4) is 0 Å². The van der Waals surface area contributed by atoms with Crippen LogP contribution in [0.4, 0.5) is 11.4 Å². The van der Waals surface area contributed by atoms with Crippen LogP contribution in [0.1, 0.15) is 19.3 Å². The first-order valence-corrected chi connectivity index (χ1v) is 6.97. The summed E-state index contributed by atoms with van der Waals surface area (Å²) in [6.45, 7) is 0.836. The van der Waals surface area contributed by atoms with Crippen LogP contribution < -0.4 is 5.32 Å². The van der Waals surface area contributed by atoms with Gasteiger partial charge in [-0.3, -0.25) is 10.1 Å². The number of aliphatic hydroxyl groups excluding tert-OH is 1. The van der Waals surface area contributed by atoms with Crippen molar-refractivity contribution in [2.24, 2.45) is 0 Å².